The number of hydrogen-bond donors (Lipinski definition) is 2. The van der Waals surface area contributed by atoms with Crippen LogP contribution in [0.4, 0.5) is 5.69 Å². The molecule has 0 saturated heterocycles. The minimum absolute atomic E-state index is 0.0625. The Balaban J connectivity index is 2.21. The van der Waals surface area contributed by atoms with Crippen LogP contribution in [0.25, 0.3) is 0 Å². The van der Waals surface area contributed by atoms with Crippen molar-refractivity contribution in [3.8, 4) is 0 Å². The Hall–Kier alpha value is -1.88. The van der Waals surface area contributed by atoms with Gasteiger partial charge < -0.3 is 15.7 Å². The Labute approximate surface area is 124 Å². The van der Waals surface area contributed by atoms with Crippen molar-refractivity contribution in [2.75, 3.05) is 11.4 Å². The molecular formula is C16H22N2O3. The van der Waals surface area contributed by atoms with E-state index in [0.717, 1.165) is 36.9 Å². The van der Waals surface area contributed by atoms with Crippen molar-refractivity contribution in [1.82, 2.24) is 0 Å². The summed E-state index contributed by atoms with van der Waals surface area (Å²) in [6.45, 7) is 2.72. The number of amides is 1. The first-order valence-corrected chi connectivity index (χ1v) is 7.47. The van der Waals surface area contributed by atoms with Gasteiger partial charge in [0.05, 0.1) is 11.6 Å². The van der Waals surface area contributed by atoms with Gasteiger partial charge in [0, 0.05) is 12.2 Å². The number of nitrogens with zero attached hydrogens (tertiary/aromatic N) is 1. The number of carboxylic acids is 1. The molecule has 1 unspecified atom stereocenters. The molecule has 114 valence electrons. The maximum Gasteiger partial charge on any atom is 0.335 e. The molecule has 5 nitrogen and oxygen atoms in total. The van der Waals surface area contributed by atoms with Crippen LogP contribution in [0.15, 0.2) is 18.2 Å². The van der Waals surface area contributed by atoms with Crippen LogP contribution in [0.3, 0.4) is 0 Å². The summed E-state index contributed by atoms with van der Waals surface area (Å²) in [6.07, 6.45) is 4.27. The minimum atomic E-state index is -0.944. The van der Waals surface area contributed by atoms with Gasteiger partial charge >= 0.3 is 5.97 Å². The summed E-state index contributed by atoms with van der Waals surface area (Å²) in [5.74, 6) is -1.01. The number of fused-ring (bicyclic) bond motifs is 1. The fraction of sp³-hybridized carbons (Fsp3) is 0.500. The number of carbonyl (C=O) groups is 2. The van der Waals surface area contributed by atoms with Crippen molar-refractivity contribution >= 4 is 17.6 Å². The normalized spacial score (nSPS) is 15.4. The number of carbonyl (C=O) groups excluding carboxylic acids is 1. The fourth-order valence-corrected chi connectivity index (χ4v) is 2.71. The monoisotopic (exact) mass is 290 g/mol. The molecule has 21 heavy (non-hydrogen) atoms. The lowest BCUT2D eigenvalue weighted by Gasteiger charge is -2.31. The number of unbranched alkanes of at least 4 members (excludes halogenated alkanes) is 1. The molecule has 0 aliphatic carbocycles. The molecular weight excluding hydrogens is 268 g/mol. The Morgan fingerprint density at radius 3 is 2.86 bits per heavy atom. The van der Waals surface area contributed by atoms with Crippen LogP contribution in [0.5, 0.6) is 0 Å². The highest BCUT2D eigenvalue weighted by molar-refractivity contribution is 5.99. The van der Waals surface area contributed by atoms with Gasteiger partial charge in [-0.05, 0) is 43.0 Å². The highest BCUT2D eigenvalue weighted by Crippen LogP contribution is 2.28. The second kappa shape index (κ2) is 6.72. The van der Waals surface area contributed by atoms with E-state index >= 15 is 0 Å². The maximum atomic E-state index is 12.5. The summed E-state index contributed by atoms with van der Waals surface area (Å²) < 4.78 is 0. The highest BCUT2D eigenvalue weighted by atomic mass is 16.4. The summed E-state index contributed by atoms with van der Waals surface area (Å²) >= 11 is 0. The average Bonchev–Trinajstić information content (AvgIpc) is 2.50. The molecule has 0 saturated carbocycles. The van der Waals surface area contributed by atoms with E-state index in [1.165, 1.54) is 0 Å². The second-order valence-electron chi connectivity index (χ2n) is 5.49. The molecule has 1 amide bonds. The molecule has 0 radical (unpaired) electrons. The molecule has 3 N–H and O–H groups in total. The zero-order chi connectivity index (χ0) is 15.4. The molecule has 1 heterocycles. The summed E-state index contributed by atoms with van der Waals surface area (Å²) in [7, 11) is 0. The zero-order valence-corrected chi connectivity index (χ0v) is 12.3. The van der Waals surface area contributed by atoms with E-state index in [-0.39, 0.29) is 11.5 Å². The predicted molar refractivity (Wildman–Crippen MR) is 81.6 cm³/mol. The second-order valence-corrected chi connectivity index (χ2v) is 5.49. The van der Waals surface area contributed by atoms with Gasteiger partial charge in [-0.3, -0.25) is 4.79 Å². The molecule has 1 aliphatic rings. The SMILES string of the molecule is CCCCC(N)C(=O)N1CCCc2cc(C(=O)O)ccc21. The summed E-state index contributed by atoms with van der Waals surface area (Å²) in [5.41, 5.74) is 7.97. The van der Waals surface area contributed by atoms with E-state index < -0.39 is 12.0 Å². The van der Waals surface area contributed by atoms with Gasteiger partial charge in [0.25, 0.3) is 0 Å². The van der Waals surface area contributed by atoms with E-state index in [1.54, 1.807) is 23.1 Å². The van der Waals surface area contributed by atoms with Gasteiger partial charge in [-0.25, -0.2) is 4.79 Å². The summed E-state index contributed by atoms with van der Waals surface area (Å²) in [5, 5.41) is 9.05. The Morgan fingerprint density at radius 1 is 1.43 bits per heavy atom. The quantitative estimate of drug-likeness (QED) is 0.870. The summed E-state index contributed by atoms with van der Waals surface area (Å²) in [4.78, 5) is 25.2. The lowest BCUT2D eigenvalue weighted by atomic mass is 9.98. The van der Waals surface area contributed by atoms with Crippen molar-refractivity contribution in [2.45, 2.75) is 45.1 Å². The first-order chi connectivity index (χ1) is 10.0. The first kappa shape index (κ1) is 15.5. The maximum absolute atomic E-state index is 12.5. The van der Waals surface area contributed by atoms with Crippen LogP contribution >= 0.6 is 0 Å². The number of carboxylic acid groups (broad SMARTS) is 1. The van der Waals surface area contributed by atoms with Gasteiger partial charge in [-0.1, -0.05) is 19.8 Å². The number of hydrogen-bond acceptors (Lipinski definition) is 3. The van der Waals surface area contributed by atoms with Crippen LogP contribution in [0.2, 0.25) is 0 Å². The van der Waals surface area contributed by atoms with E-state index in [0.29, 0.717) is 13.0 Å². The number of nitrogens with two attached hydrogens (primary N) is 1. The number of aryl methyl sites for hydroxylation is 1. The third-order valence-electron chi connectivity index (χ3n) is 3.90. The standard InChI is InChI=1S/C16H22N2O3/c1-2-3-6-13(17)15(19)18-9-4-5-11-10-12(16(20)21)7-8-14(11)18/h7-8,10,13H,2-6,9,17H2,1H3,(H,20,21). The van der Waals surface area contributed by atoms with Crippen LogP contribution in [-0.2, 0) is 11.2 Å². The van der Waals surface area contributed by atoms with E-state index in [1.807, 2.05) is 0 Å². The van der Waals surface area contributed by atoms with Crippen LogP contribution < -0.4 is 10.6 Å². The molecule has 2 rings (SSSR count). The first-order valence-electron chi connectivity index (χ1n) is 7.47. The molecule has 0 aromatic heterocycles. The zero-order valence-electron chi connectivity index (χ0n) is 12.3. The summed E-state index contributed by atoms with van der Waals surface area (Å²) in [6, 6.07) is 4.46. The molecule has 5 heteroatoms. The molecule has 1 atom stereocenters. The molecule has 1 aromatic carbocycles. The van der Waals surface area contributed by atoms with Crippen molar-refractivity contribution in [1.29, 1.82) is 0 Å². The van der Waals surface area contributed by atoms with E-state index in [9.17, 15) is 9.59 Å². The fourth-order valence-electron chi connectivity index (χ4n) is 2.71. The molecule has 0 bridgehead atoms. The van der Waals surface area contributed by atoms with Gasteiger partial charge in [-0.2, -0.15) is 0 Å². The number of benzene rings is 1. The minimum Gasteiger partial charge on any atom is -0.478 e. The number of rotatable bonds is 5. The largest absolute Gasteiger partial charge is 0.478 e. The predicted octanol–water partition coefficient (Wildman–Crippen LogP) is 2.18. The lowest BCUT2D eigenvalue weighted by Crippen LogP contribution is -2.46. The van der Waals surface area contributed by atoms with E-state index in [4.69, 9.17) is 10.8 Å². The lowest BCUT2D eigenvalue weighted by molar-refractivity contribution is -0.120. The van der Waals surface area contributed by atoms with Crippen molar-refractivity contribution in [3.63, 3.8) is 0 Å². The smallest absolute Gasteiger partial charge is 0.335 e. The van der Waals surface area contributed by atoms with Gasteiger partial charge in [0.15, 0.2) is 0 Å². The van der Waals surface area contributed by atoms with Gasteiger partial charge in [-0.15, -0.1) is 0 Å². The number of anilines is 1. The van der Waals surface area contributed by atoms with Crippen molar-refractivity contribution < 1.29 is 14.7 Å². The third-order valence-corrected chi connectivity index (χ3v) is 3.90. The third kappa shape index (κ3) is 3.42. The molecule has 0 fully saturated rings. The molecule has 0 spiro atoms. The topological polar surface area (TPSA) is 83.6 Å². The Kier molecular flexibility index (Phi) is 4.96. The highest BCUT2D eigenvalue weighted by Gasteiger charge is 2.26. The van der Waals surface area contributed by atoms with Gasteiger partial charge in [0.1, 0.15) is 0 Å². The van der Waals surface area contributed by atoms with Crippen molar-refractivity contribution in [3.05, 3.63) is 29.3 Å². The molecule has 1 aliphatic heterocycles. The Bertz CT molecular complexity index is 542. The number of aromatic carboxylic acids is 1. The van der Waals surface area contributed by atoms with Crippen LogP contribution in [0, 0.1) is 0 Å². The van der Waals surface area contributed by atoms with Gasteiger partial charge in [0.2, 0.25) is 5.91 Å². The molecule has 1 aromatic rings. The van der Waals surface area contributed by atoms with Crippen molar-refractivity contribution in [2.24, 2.45) is 5.73 Å². The Morgan fingerprint density at radius 2 is 2.19 bits per heavy atom. The van der Waals surface area contributed by atoms with E-state index in [2.05, 4.69) is 6.92 Å². The average molecular weight is 290 g/mol. The van der Waals surface area contributed by atoms with Crippen LogP contribution in [-0.4, -0.2) is 29.6 Å². The van der Waals surface area contributed by atoms with Crippen LogP contribution in [0.1, 0.15) is 48.5 Å².